The lowest BCUT2D eigenvalue weighted by Gasteiger charge is -2.29. The lowest BCUT2D eigenvalue weighted by molar-refractivity contribution is 0.111. The zero-order chi connectivity index (χ0) is 19.6. The quantitative estimate of drug-likeness (QED) is 0.502. The lowest BCUT2D eigenvalue weighted by atomic mass is 9.81. The second-order valence-corrected chi connectivity index (χ2v) is 8.35. The molecule has 2 aliphatic heterocycles. The Morgan fingerprint density at radius 2 is 1.11 bits per heavy atom. The first-order chi connectivity index (χ1) is 13.7. The van der Waals surface area contributed by atoms with Gasteiger partial charge in [0.1, 0.15) is 0 Å². The van der Waals surface area contributed by atoms with Crippen LogP contribution in [-0.2, 0) is 9.47 Å². The number of amides is 4. The van der Waals surface area contributed by atoms with Crippen LogP contribution in [-0.4, -0.2) is 63.7 Å². The molecule has 0 bridgehead atoms. The zero-order valence-corrected chi connectivity index (χ0v) is 16.8. The molecule has 4 atom stereocenters. The zero-order valence-electron chi connectivity index (χ0n) is 16.8. The monoisotopic (exact) mass is 396 g/mol. The largest absolute Gasteiger partial charge is 0.376 e. The van der Waals surface area contributed by atoms with Gasteiger partial charge in [-0.2, -0.15) is 0 Å². The van der Waals surface area contributed by atoms with Gasteiger partial charge in [-0.15, -0.1) is 0 Å². The Morgan fingerprint density at radius 1 is 0.643 bits per heavy atom. The molecule has 4 amide bonds. The molecule has 8 heteroatoms. The predicted molar refractivity (Wildman–Crippen MR) is 106 cm³/mol. The van der Waals surface area contributed by atoms with Crippen molar-refractivity contribution in [3.05, 3.63) is 0 Å². The van der Waals surface area contributed by atoms with Gasteiger partial charge in [-0.05, 0) is 56.8 Å². The Hall–Kier alpha value is -1.54. The summed E-state index contributed by atoms with van der Waals surface area (Å²) in [5.74, 6) is 0.952. The van der Waals surface area contributed by atoms with Gasteiger partial charge in [-0.1, -0.05) is 6.42 Å². The molecule has 0 aromatic carbocycles. The number of urea groups is 2. The Labute approximate surface area is 167 Å². The van der Waals surface area contributed by atoms with Crippen molar-refractivity contribution in [3.63, 3.8) is 0 Å². The number of carbonyl (C=O) groups excluding carboxylic acids is 2. The first-order valence-corrected chi connectivity index (χ1v) is 11.0. The minimum Gasteiger partial charge on any atom is -0.376 e. The molecule has 1 aliphatic carbocycles. The highest BCUT2D eigenvalue weighted by molar-refractivity contribution is 5.74. The summed E-state index contributed by atoms with van der Waals surface area (Å²) in [6.07, 6.45) is 9.00. The van der Waals surface area contributed by atoms with Crippen LogP contribution in [0.4, 0.5) is 9.59 Å². The SMILES string of the molecule is O=C(NC[C@H]1CCC[C@@H](CNC(=O)NC[C@H]2CCCO2)C1)NC[C@H]1CCCO1. The van der Waals surface area contributed by atoms with E-state index in [0.717, 1.165) is 64.6 Å². The van der Waals surface area contributed by atoms with Crippen LogP contribution in [0.1, 0.15) is 51.4 Å². The molecule has 28 heavy (non-hydrogen) atoms. The molecule has 0 unspecified atom stereocenters. The summed E-state index contributed by atoms with van der Waals surface area (Å²) >= 11 is 0. The van der Waals surface area contributed by atoms with Gasteiger partial charge in [-0.25, -0.2) is 9.59 Å². The van der Waals surface area contributed by atoms with Gasteiger partial charge in [0.25, 0.3) is 0 Å². The summed E-state index contributed by atoms with van der Waals surface area (Å²) < 4.78 is 11.0. The van der Waals surface area contributed by atoms with Crippen molar-refractivity contribution in [3.8, 4) is 0 Å². The third kappa shape index (κ3) is 7.47. The highest BCUT2D eigenvalue weighted by Crippen LogP contribution is 2.28. The van der Waals surface area contributed by atoms with Gasteiger partial charge in [0.2, 0.25) is 0 Å². The maximum absolute atomic E-state index is 12.0. The van der Waals surface area contributed by atoms with Crippen molar-refractivity contribution in [1.29, 1.82) is 0 Å². The van der Waals surface area contributed by atoms with E-state index < -0.39 is 0 Å². The summed E-state index contributed by atoms with van der Waals surface area (Å²) in [6.45, 7) is 4.17. The van der Waals surface area contributed by atoms with E-state index in [-0.39, 0.29) is 24.3 Å². The van der Waals surface area contributed by atoms with Crippen molar-refractivity contribution in [2.75, 3.05) is 39.4 Å². The van der Waals surface area contributed by atoms with E-state index in [1.54, 1.807) is 0 Å². The molecule has 3 aliphatic rings. The Balaban J connectivity index is 1.24. The van der Waals surface area contributed by atoms with Gasteiger partial charge < -0.3 is 30.7 Å². The highest BCUT2D eigenvalue weighted by Gasteiger charge is 2.23. The minimum absolute atomic E-state index is 0.107. The molecule has 8 nitrogen and oxygen atoms in total. The molecule has 0 spiro atoms. The van der Waals surface area contributed by atoms with Crippen molar-refractivity contribution in [2.45, 2.75) is 63.6 Å². The van der Waals surface area contributed by atoms with Crippen molar-refractivity contribution < 1.29 is 19.1 Å². The molecule has 3 fully saturated rings. The number of rotatable bonds is 8. The maximum atomic E-state index is 12.0. The van der Waals surface area contributed by atoms with Crippen LogP contribution in [0.15, 0.2) is 0 Å². The number of hydrogen-bond donors (Lipinski definition) is 4. The predicted octanol–water partition coefficient (Wildman–Crippen LogP) is 1.75. The third-order valence-corrected chi connectivity index (χ3v) is 6.02. The van der Waals surface area contributed by atoms with Crippen molar-refractivity contribution in [2.24, 2.45) is 11.8 Å². The van der Waals surface area contributed by atoms with Gasteiger partial charge in [-0.3, -0.25) is 0 Å². The van der Waals surface area contributed by atoms with Gasteiger partial charge >= 0.3 is 12.1 Å². The summed E-state index contributed by atoms with van der Waals surface area (Å²) in [6, 6.07) is -0.214. The van der Waals surface area contributed by atoms with Crippen LogP contribution in [0.25, 0.3) is 0 Å². The van der Waals surface area contributed by atoms with Crippen molar-refractivity contribution in [1.82, 2.24) is 21.3 Å². The minimum atomic E-state index is -0.107. The lowest BCUT2D eigenvalue weighted by Crippen LogP contribution is -2.43. The van der Waals surface area contributed by atoms with Gasteiger partial charge in [0.15, 0.2) is 0 Å². The summed E-state index contributed by atoms with van der Waals surface area (Å²) in [4.78, 5) is 23.9. The van der Waals surface area contributed by atoms with E-state index in [0.29, 0.717) is 38.0 Å². The average molecular weight is 397 g/mol. The van der Waals surface area contributed by atoms with Gasteiger partial charge in [0, 0.05) is 39.4 Å². The van der Waals surface area contributed by atoms with E-state index >= 15 is 0 Å². The van der Waals surface area contributed by atoms with Crippen LogP contribution < -0.4 is 21.3 Å². The van der Waals surface area contributed by atoms with Crippen LogP contribution in [0.3, 0.4) is 0 Å². The Bertz CT molecular complexity index is 451. The molecule has 1 saturated carbocycles. The fraction of sp³-hybridized carbons (Fsp3) is 0.900. The molecule has 4 N–H and O–H groups in total. The second kappa shape index (κ2) is 11.5. The maximum Gasteiger partial charge on any atom is 0.314 e. The molecular formula is C20H36N4O4. The molecule has 0 aromatic rings. The van der Waals surface area contributed by atoms with E-state index in [1.807, 2.05) is 0 Å². The highest BCUT2D eigenvalue weighted by atomic mass is 16.5. The van der Waals surface area contributed by atoms with Gasteiger partial charge in [0.05, 0.1) is 12.2 Å². The molecule has 160 valence electrons. The second-order valence-electron chi connectivity index (χ2n) is 8.35. The average Bonchev–Trinajstić information content (AvgIpc) is 3.42. The molecule has 0 aromatic heterocycles. The molecule has 0 radical (unpaired) electrons. The van der Waals surface area contributed by atoms with E-state index in [4.69, 9.17) is 9.47 Å². The standard InChI is InChI=1S/C20H36N4O4/c25-19(23-13-17-6-2-8-27-17)21-11-15-4-1-5-16(10-15)12-22-20(26)24-14-18-7-3-9-28-18/h15-18H,1-14H2,(H2,21,23,25)(H2,22,24,26)/t15-,16+,17-,18-/m1/s1. The fourth-order valence-electron chi connectivity index (χ4n) is 4.40. The Morgan fingerprint density at radius 3 is 1.54 bits per heavy atom. The Kier molecular flexibility index (Phi) is 8.67. The molecule has 2 heterocycles. The van der Waals surface area contributed by atoms with Crippen LogP contribution in [0, 0.1) is 11.8 Å². The van der Waals surface area contributed by atoms with E-state index in [2.05, 4.69) is 21.3 Å². The topological polar surface area (TPSA) is 101 Å². The van der Waals surface area contributed by atoms with Crippen molar-refractivity contribution >= 4 is 12.1 Å². The normalized spacial score (nSPS) is 30.0. The summed E-state index contributed by atoms with van der Waals surface area (Å²) in [7, 11) is 0. The first-order valence-electron chi connectivity index (χ1n) is 11.0. The third-order valence-electron chi connectivity index (χ3n) is 6.02. The molecule has 2 saturated heterocycles. The van der Waals surface area contributed by atoms with Crippen LogP contribution >= 0.6 is 0 Å². The summed E-state index contributed by atoms with van der Waals surface area (Å²) in [5, 5.41) is 11.8. The first kappa shape index (κ1) is 21.2. The van der Waals surface area contributed by atoms with E-state index in [1.165, 1.54) is 0 Å². The number of carbonyl (C=O) groups is 2. The summed E-state index contributed by atoms with van der Waals surface area (Å²) in [5.41, 5.74) is 0. The van der Waals surface area contributed by atoms with E-state index in [9.17, 15) is 9.59 Å². The molecular weight excluding hydrogens is 360 g/mol. The number of nitrogens with one attached hydrogen (secondary N) is 4. The molecule has 3 rings (SSSR count). The smallest absolute Gasteiger partial charge is 0.314 e. The van der Waals surface area contributed by atoms with Crippen LogP contribution in [0.5, 0.6) is 0 Å². The number of ether oxygens (including phenoxy) is 2. The fourth-order valence-corrected chi connectivity index (χ4v) is 4.40. The number of hydrogen-bond acceptors (Lipinski definition) is 4. The van der Waals surface area contributed by atoms with Crippen LogP contribution in [0.2, 0.25) is 0 Å².